The Morgan fingerprint density at radius 1 is 1.41 bits per heavy atom. The topological polar surface area (TPSA) is 64.7 Å². The summed E-state index contributed by atoms with van der Waals surface area (Å²) in [5, 5.41) is 0. The number of ether oxygens (including phenoxy) is 1. The van der Waals surface area contributed by atoms with Gasteiger partial charge in [0.25, 0.3) is 11.5 Å². The predicted octanol–water partition coefficient (Wildman–Crippen LogP) is 1.58. The largest absolute Gasteiger partial charge is 0.488 e. The molecule has 1 amide bonds. The number of aryl methyl sites for hydroxylation is 1. The van der Waals surface area contributed by atoms with Crippen LogP contribution in [0.3, 0.4) is 0 Å². The van der Waals surface area contributed by atoms with Crippen molar-refractivity contribution in [3.63, 3.8) is 0 Å². The summed E-state index contributed by atoms with van der Waals surface area (Å²) in [6, 6.07) is 6.66. The van der Waals surface area contributed by atoms with Gasteiger partial charge in [0, 0.05) is 31.8 Å². The van der Waals surface area contributed by atoms with Crippen LogP contribution in [0.25, 0.3) is 0 Å². The average molecular weight is 302 g/mol. The highest BCUT2D eigenvalue weighted by Crippen LogP contribution is 2.19. The van der Waals surface area contributed by atoms with Gasteiger partial charge in [0.1, 0.15) is 11.9 Å². The van der Waals surface area contributed by atoms with Crippen LogP contribution >= 0.6 is 0 Å². The molecular weight excluding hydrogens is 284 g/mol. The Balaban J connectivity index is 1.66. The molecule has 2 aromatic rings. The Hall–Kier alpha value is -2.50. The van der Waals surface area contributed by atoms with E-state index >= 15 is 0 Å². The van der Waals surface area contributed by atoms with Crippen molar-refractivity contribution in [2.75, 3.05) is 13.1 Å². The number of likely N-dealkylation sites (tertiary alicyclic amines) is 1. The molecule has 0 aromatic carbocycles. The average Bonchev–Trinajstić information content (AvgIpc) is 3.15. The van der Waals surface area contributed by atoms with E-state index in [9.17, 15) is 9.59 Å². The molecule has 3 rings (SSSR count). The van der Waals surface area contributed by atoms with Gasteiger partial charge < -0.3 is 18.6 Å². The number of furan rings is 1. The third-order valence-corrected chi connectivity index (χ3v) is 3.94. The van der Waals surface area contributed by atoms with Crippen LogP contribution in [-0.2, 0) is 7.05 Å². The lowest BCUT2D eigenvalue weighted by molar-refractivity contribution is 0.0741. The number of nitrogens with zero attached hydrogens (tertiary/aromatic N) is 2. The van der Waals surface area contributed by atoms with Crippen LogP contribution in [0.15, 0.2) is 39.7 Å². The van der Waals surface area contributed by atoms with Crippen LogP contribution in [-0.4, -0.2) is 34.6 Å². The lowest BCUT2D eigenvalue weighted by Crippen LogP contribution is -2.30. The first-order chi connectivity index (χ1) is 10.5. The highest BCUT2D eigenvalue weighted by Gasteiger charge is 2.29. The Kier molecular flexibility index (Phi) is 3.75. The molecule has 116 valence electrons. The van der Waals surface area contributed by atoms with Gasteiger partial charge in [-0.3, -0.25) is 9.59 Å². The van der Waals surface area contributed by atoms with Crippen LogP contribution in [0.5, 0.6) is 5.75 Å². The molecular formula is C16H18N2O4. The molecule has 1 saturated heterocycles. The molecule has 22 heavy (non-hydrogen) atoms. The molecule has 1 unspecified atom stereocenters. The maximum atomic E-state index is 12.2. The molecule has 1 atom stereocenters. The molecule has 1 aliphatic rings. The van der Waals surface area contributed by atoms with E-state index in [-0.39, 0.29) is 17.6 Å². The number of hydrogen-bond donors (Lipinski definition) is 0. The monoisotopic (exact) mass is 302 g/mol. The van der Waals surface area contributed by atoms with Crippen molar-refractivity contribution < 1.29 is 13.9 Å². The number of rotatable bonds is 3. The zero-order valence-corrected chi connectivity index (χ0v) is 12.6. The fourth-order valence-corrected chi connectivity index (χ4v) is 2.56. The second-order valence-corrected chi connectivity index (χ2v) is 5.49. The maximum absolute atomic E-state index is 12.2. The van der Waals surface area contributed by atoms with Crippen LogP contribution in [0.4, 0.5) is 0 Å². The number of hydrogen-bond acceptors (Lipinski definition) is 4. The van der Waals surface area contributed by atoms with Crippen molar-refractivity contribution in [3.8, 4) is 5.75 Å². The van der Waals surface area contributed by atoms with E-state index in [0.29, 0.717) is 24.6 Å². The van der Waals surface area contributed by atoms with Crippen molar-refractivity contribution >= 4 is 5.91 Å². The van der Waals surface area contributed by atoms with E-state index in [1.54, 1.807) is 28.6 Å². The summed E-state index contributed by atoms with van der Waals surface area (Å²) < 4.78 is 12.5. The van der Waals surface area contributed by atoms with E-state index in [4.69, 9.17) is 9.15 Å². The Bertz CT molecular complexity index is 733. The summed E-state index contributed by atoms with van der Waals surface area (Å²) >= 11 is 0. The molecule has 0 aliphatic carbocycles. The van der Waals surface area contributed by atoms with Crippen molar-refractivity contribution in [2.45, 2.75) is 19.4 Å². The molecule has 6 nitrogen and oxygen atoms in total. The van der Waals surface area contributed by atoms with Crippen LogP contribution < -0.4 is 10.3 Å². The molecule has 0 saturated carbocycles. The number of carbonyl (C=O) groups excluding carboxylic acids is 1. The summed E-state index contributed by atoms with van der Waals surface area (Å²) in [4.78, 5) is 25.7. The summed E-state index contributed by atoms with van der Waals surface area (Å²) in [5.74, 6) is 0.763. The lowest BCUT2D eigenvalue weighted by Gasteiger charge is -2.16. The van der Waals surface area contributed by atoms with Crippen molar-refractivity contribution in [1.82, 2.24) is 9.47 Å². The smallest absolute Gasteiger partial charge is 0.289 e. The molecule has 0 N–H and O–H groups in total. The molecule has 6 heteroatoms. The van der Waals surface area contributed by atoms with Crippen molar-refractivity contribution in [1.29, 1.82) is 0 Å². The van der Waals surface area contributed by atoms with E-state index in [1.807, 2.05) is 13.0 Å². The zero-order chi connectivity index (χ0) is 15.7. The van der Waals surface area contributed by atoms with Gasteiger partial charge >= 0.3 is 0 Å². The SMILES string of the molecule is Cc1cc(OC2CCN(C(=O)c3ccco3)C2)cc(=O)n1C. The minimum absolute atomic E-state index is 0.100. The predicted molar refractivity (Wildman–Crippen MR) is 80.1 cm³/mol. The molecule has 1 aliphatic heterocycles. The Morgan fingerprint density at radius 2 is 2.23 bits per heavy atom. The van der Waals surface area contributed by atoms with E-state index in [0.717, 1.165) is 12.1 Å². The minimum Gasteiger partial charge on any atom is -0.488 e. The van der Waals surface area contributed by atoms with Crippen molar-refractivity contribution in [2.24, 2.45) is 7.05 Å². The first kappa shape index (κ1) is 14.4. The fourth-order valence-electron chi connectivity index (χ4n) is 2.56. The number of pyridine rings is 1. The second kappa shape index (κ2) is 5.71. The number of carbonyl (C=O) groups is 1. The maximum Gasteiger partial charge on any atom is 0.289 e. The molecule has 0 spiro atoms. The van der Waals surface area contributed by atoms with Crippen LogP contribution in [0.1, 0.15) is 22.7 Å². The summed E-state index contributed by atoms with van der Waals surface area (Å²) in [7, 11) is 1.72. The van der Waals surface area contributed by atoms with Crippen LogP contribution in [0.2, 0.25) is 0 Å². The van der Waals surface area contributed by atoms with E-state index in [2.05, 4.69) is 0 Å². The van der Waals surface area contributed by atoms with Gasteiger partial charge in [-0.2, -0.15) is 0 Å². The standard InChI is InChI=1S/C16H18N2O4/c1-11-8-13(9-15(19)17(11)2)22-12-5-6-18(10-12)16(20)14-4-3-7-21-14/h3-4,7-9,12H,5-6,10H2,1-2H3. The van der Waals surface area contributed by atoms with Gasteiger partial charge in [-0.1, -0.05) is 0 Å². The lowest BCUT2D eigenvalue weighted by atomic mass is 10.3. The van der Waals surface area contributed by atoms with Crippen LogP contribution in [0, 0.1) is 6.92 Å². The molecule has 3 heterocycles. The molecule has 1 fully saturated rings. The van der Waals surface area contributed by atoms with Gasteiger partial charge in [0.15, 0.2) is 5.76 Å². The summed E-state index contributed by atoms with van der Waals surface area (Å²) in [6.45, 7) is 2.97. The van der Waals surface area contributed by atoms with Crippen molar-refractivity contribution in [3.05, 3.63) is 52.3 Å². The number of amides is 1. The zero-order valence-electron chi connectivity index (χ0n) is 12.6. The van der Waals surface area contributed by atoms with Gasteiger partial charge in [0.05, 0.1) is 12.8 Å². The minimum atomic E-state index is -0.128. The number of aromatic nitrogens is 1. The Labute approximate surface area is 127 Å². The first-order valence-electron chi connectivity index (χ1n) is 7.21. The molecule has 0 bridgehead atoms. The second-order valence-electron chi connectivity index (χ2n) is 5.49. The van der Waals surface area contributed by atoms with Gasteiger partial charge in [-0.15, -0.1) is 0 Å². The highest BCUT2D eigenvalue weighted by atomic mass is 16.5. The summed E-state index contributed by atoms with van der Waals surface area (Å²) in [5.41, 5.74) is 0.737. The molecule has 0 radical (unpaired) electrons. The fraction of sp³-hybridized carbons (Fsp3) is 0.375. The van der Waals surface area contributed by atoms with Gasteiger partial charge in [-0.05, 0) is 25.1 Å². The molecule has 2 aromatic heterocycles. The van der Waals surface area contributed by atoms with E-state index in [1.165, 1.54) is 12.3 Å². The first-order valence-corrected chi connectivity index (χ1v) is 7.21. The van der Waals surface area contributed by atoms with Gasteiger partial charge in [-0.25, -0.2) is 0 Å². The third-order valence-electron chi connectivity index (χ3n) is 3.94. The normalized spacial score (nSPS) is 17.7. The Morgan fingerprint density at radius 3 is 2.91 bits per heavy atom. The third kappa shape index (κ3) is 2.77. The van der Waals surface area contributed by atoms with E-state index < -0.39 is 0 Å². The highest BCUT2D eigenvalue weighted by molar-refractivity contribution is 5.91. The summed E-state index contributed by atoms with van der Waals surface area (Å²) in [6.07, 6.45) is 2.12. The quantitative estimate of drug-likeness (QED) is 0.863. The van der Waals surface area contributed by atoms with Gasteiger partial charge in [0.2, 0.25) is 0 Å².